The molecule has 0 N–H and O–H groups in total. The van der Waals surface area contributed by atoms with Crippen LogP contribution >= 0.6 is 11.6 Å². The Bertz CT molecular complexity index is 1280. The van der Waals surface area contributed by atoms with Crippen molar-refractivity contribution in [3.63, 3.8) is 0 Å². The molecule has 5 rings (SSSR count). The van der Waals surface area contributed by atoms with Crippen LogP contribution in [0, 0.1) is 5.92 Å². The van der Waals surface area contributed by atoms with Gasteiger partial charge in [-0.1, -0.05) is 60.1 Å². The number of ketones is 1. The van der Waals surface area contributed by atoms with E-state index in [0.29, 0.717) is 35.8 Å². The van der Waals surface area contributed by atoms with Crippen molar-refractivity contribution >= 4 is 40.2 Å². The molecule has 37 heavy (non-hydrogen) atoms. The maximum atomic E-state index is 13.7. The Morgan fingerprint density at radius 3 is 2.30 bits per heavy atom. The first-order valence-electron chi connectivity index (χ1n) is 12.6. The van der Waals surface area contributed by atoms with Crippen molar-refractivity contribution in [1.29, 1.82) is 0 Å². The first-order chi connectivity index (χ1) is 18.0. The predicted molar refractivity (Wildman–Crippen MR) is 145 cm³/mol. The molecule has 3 aromatic carbocycles. The fraction of sp³-hybridized carbons (Fsp3) is 0.310. The smallest absolute Gasteiger partial charge is 0.409 e. The van der Waals surface area contributed by atoms with Crippen LogP contribution in [-0.2, 0) is 22.1 Å². The third-order valence-corrected chi connectivity index (χ3v) is 8.86. The Kier molecular flexibility index (Phi) is 7.91. The zero-order valence-corrected chi connectivity index (χ0v) is 22.0. The second kappa shape index (κ2) is 11.5. The van der Waals surface area contributed by atoms with Crippen LogP contribution in [0.1, 0.15) is 35.2 Å². The van der Waals surface area contributed by atoms with E-state index in [-0.39, 0.29) is 30.4 Å². The molecule has 2 unspecified atom stereocenters. The van der Waals surface area contributed by atoms with E-state index in [9.17, 15) is 13.8 Å². The molecule has 2 heterocycles. The van der Waals surface area contributed by atoms with Gasteiger partial charge in [0.1, 0.15) is 6.61 Å². The second-order valence-corrected chi connectivity index (χ2v) is 11.2. The summed E-state index contributed by atoms with van der Waals surface area (Å²) in [4.78, 5) is 28.0. The minimum Gasteiger partial charge on any atom is -0.447 e. The number of fused-ring (bicyclic) bond motifs is 1. The minimum atomic E-state index is -1.49. The third-order valence-electron chi connectivity index (χ3n) is 7.08. The molecule has 2 aliphatic rings. The Morgan fingerprint density at radius 1 is 0.892 bits per heavy atom. The van der Waals surface area contributed by atoms with Gasteiger partial charge in [-0.3, -0.25) is 9.10 Å². The molecule has 6 nitrogen and oxygen atoms in total. The van der Waals surface area contributed by atoms with E-state index in [1.54, 1.807) is 29.2 Å². The lowest BCUT2D eigenvalue weighted by Crippen LogP contribution is -2.46. The van der Waals surface area contributed by atoms with Gasteiger partial charge in [0.15, 0.2) is 16.8 Å². The second-order valence-electron chi connectivity index (χ2n) is 9.42. The number of rotatable bonds is 6. The highest BCUT2D eigenvalue weighted by Gasteiger charge is 2.33. The van der Waals surface area contributed by atoms with Crippen LogP contribution in [0.15, 0.2) is 83.8 Å². The molecule has 1 fully saturated rings. The first-order valence-corrected chi connectivity index (χ1v) is 14.1. The van der Waals surface area contributed by atoms with E-state index in [1.165, 1.54) is 0 Å². The van der Waals surface area contributed by atoms with E-state index in [0.717, 1.165) is 29.7 Å². The van der Waals surface area contributed by atoms with Gasteiger partial charge in [0.25, 0.3) is 0 Å². The van der Waals surface area contributed by atoms with Crippen molar-refractivity contribution in [3.8, 4) is 0 Å². The Labute approximate surface area is 224 Å². The number of Topliss-reactive ketones (excluding diaryl/α,β-unsaturated/α-hetero) is 1. The van der Waals surface area contributed by atoms with E-state index in [4.69, 9.17) is 16.3 Å². The van der Waals surface area contributed by atoms with Gasteiger partial charge >= 0.3 is 6.09 Å². The number of anilines is 1. The molecule has 0 saturated carbocycles. The molecule has 192 valence electrons. The number of ether oxygens (including phenoxy) is 1. The van der Waals surface area contributed by atoms with Gasteiger partial charge in [0, 0.05) is 29.6 Å². The van der Waals surface area contributed by atoms with Gasteiger partial charge in [0.05, 0.1) is 16.6 Å². The number of piperidine rings is 1. The average molecular weight is 537 g/mol. The van der Waals surface area contributed by atoms with Crippen LogP contribution in [0.2, 0.25) is 5.02 Å². The summed E-state index contributed by atoms with van der Waals surface area (Å²) in [7, 11) is -1.49. The van der Waals surface area contributed by atoms with Crippen molar-refractivity contribution < 1.29 is 18.5 Å². The number of hydrogen-bond donors (Lipinski definition) is 0. The predicted octanol–water partition coefficient (Wildman–Crippen LogP) is 5.92. The van der Waals surface area contributed by atoms with E-state index >= 15 is 0 Å². The topological polar surface area (TPSA) is 66.9 Å². The van der Waals surface area contributed by atoms with Crippen LogP contribution in [0.4, 0.5) is 10.5 Å². The lowest BCUT2D eigenvalue weighted by molar-refractivity contribution is 0.0716. The molecular formula is C29H29ClN2O4S. The standard InChI is InChI=1S/C29H29ClN2O4S/c30-24-11-14-26(15-12-24)37(35)32-25(13-10-21-6-4-5-9-27(21)32)20-36-29(34)31-18-16-23(17-19-31)28(33)22-7-2-1-3-8-22/h1-9,11-12,14-15,23,25H,10,13,16-20H2. The Balaban J connectivity index is 1.22. The van der Waals surface area contributed by atoms with Crippen molar-refractivity contribution in [2.45, 2.75) is 36.6 Å². The highest BCUT2D eigenvalue weighted by Crippen LogP contribution is 2.34. The molecule has 2 atom stereocenters. The molecule has 1 amide bonds. The highest BCUT2D eigenvalue weighted by atomic mass is 35.5. The van der Waals surface area contributed by atoms with Crippen LogP contribution in [0.5, 0.6) is 0 Å². The van der Waals surface area contributed by atoms with Gasteiger partial charge in [-0.25, -0.2) is 9.00 Å². The number of carbonyl (C=O) groups is 2. The number of para-hydroxylation sites is 1. The monoisotopic (exact) mass is 536 g/mol. The summed E-state index contributed by atoms with van der Waals surface area (Å²) in [6.45, 7) is 1.10. The zero-order chi connectivity index (χ0) is 25.8. The van der Waals surface area contributed by atoms with Gasteiger partial charge in [0.2, 0.25) is 0 Å². The summed E-state index contributed by atoms with van der Waals surface area (Å²) >= 11 is 6.03. The van der Waals surface area contributed by atoms with Crippen LogP contribution in [0.3, 0.4) is 0 Å². The normalized spacial score (nSPS) is 18.7. The summed E-state index contributed by atoms with van der Waals surface area (Å²) < 4.78 is 21.3. The van der Waals surface area contributed by atoms with Gasteiger partial charge in [-0.2, -0.15) is 0 Å². The number of aryl methyl sites for hydroxylation is 1. The minimum absolute atomic E-state index is 0.0846. The maximum absolute atomic E-state index is 13.7. The van der Waals surface area contributed by atoms with Crippen molar-refractivity contribution in [2.24, 2.45) is 5.92 Å². The van der Waals surface area contributed by atoms with E-state index in [1.807, 2.05) is 58.9 Å². The molecule has 8 heteroatoms. The molecule has 0 spiro atoms. The lowest BCUT2D eigenvalue weighted by atomic mass is 9.89. The van der Waals surface area contributed by atoms with Gasteiger partial charge < -0.3 is 9.64 Å². The Hall–Kier alpha value is -3.16. The molecule has 0 aliphatic carbocycles. The molecule has 3 aromatic rings. The molecule has 2 aliphatic heterocycles. The van der Waals surface area contributed by atoms with Crippen molar-refractivity contribution in [3.05, 3.63) is 95.0 Å². The SMILES string of the molecule is O=C(c1ccccc1)C1CCN(C(=O)OCC2CCc3ccccc3N2S(=O)c2ccc(Cl)cc2)CC1. The number of halogens is 1. The van der Waals surface area contributed by atoms with Crippen LogP contribution in [0.25, 0.3) is 0 Å². The van der Waals surface area contributed by atoms with Gasteiger partial charge in [-0.05, 0) is 61.6 Å². The van der Waals surface area contributed by atoms with E-state index < -0.39 is 11.0 Å². The third kappa shape index (κ3) is 5.73. The fourth-order valence-corrected chi connectivity index (χ4v) is 6.55. The van der Waals surface area contributed by atoms with Gasteiger partial charge in [-0.15, -0.1) is 0 Å². The molecule has 0 aromatic heterocycles. The number of carbonyl (C=O) groups excluding carboxylic acids is 2. The highest BCUT2D eigenvalue weighted by molar-refractivity contribution is 7.86. The first kappa shape index (κ1) is 25.5. The average Bonchev–Trinajstić information content (AvgIpc) is 2.95. The number of likely N-dealkylation sites (tertiary alicyclic amines) is 1. The maximum Gasteiger partial charge on any atom is 0.409 e. The summed E-state index contributed by atoms with van der Waals surface area (Å²) in [5.74, 6) is 0.0494. The number of hydrogen-bond acceptors (Lipinski definition) is 4. The van der Waals surface area contributed by atoms with Crippen molar-refractivity contribution in [1.82, 2.24) is 4.90 Å². The number of benzene rings is 3. The van der Waals surface area contributed by atoms with Crippen molar-refractivity contribution in [2.75, 3.05) is 24.0 Å². The molecule has 1 saturated heterocycles. The zero-order valence-electron chi connectivity index (χ0n) is 20.4. The summed E-state index contributed by atoms with van der Waals surface area (Å²) in [6, 6.07) is 24.0. The number of amides is 1. The molecular weight excluding hydrogens is 508 g/mol. The largest absolute Gasteiger partial charge is 0.447 e. The number of nitrogens with zero attached hydrogens (tertiary/aromatic N) is 2. The van der Waals surface area contributed by atoms with Crippen LogP contribution in [-0.4, -0.2) is 46.7 Å². The van der Waals surface area contributed by atoms with E-state index in [2.05, 4.69) is 0 Å². The molecule has 0 bridgehead atoms. The fourth-order valence-electron chi connectivity index (χ4n) is 5.03. The Morgan fingerprint density at radius 2 is 1.57 bits per heavy atom. The quantitative estimate of drug-likeness (QED) is 0.367. The summed E-state index contributed by atoms with van der Waals surface area (Å²) in [6.07, 6.45) is 2.39. The lowest BCUT2D eigenvalue weighted by Gasteiger charge is -2.37. The van der Waals surface area contributed by atoms with Crippen LogP contribution < -0.4 is 4.31 Å². The summed E-state index contributed by atoms with van der Waals surface area (Å²) in [5.41, 5.74) is 2.73. The summed E-state index contributed by atoms with van der Waals surface area (Å²) in [5, 5.41) is 0.583. The molecule has 0 radical (unpaired) electrons.